The highest BCUT2D eigenvalue weighted by Crippen LogP contribution is 2.33. The molecular formula is C40H56Si2. The third-order valence-electron chi connectivity index (χ3n) is 9.26. The second-order valence-electron chi connectivity index (χ2n) is 14.5. The van der Waals surface area contributed by atoms with Crippen molar-refractivity contribution in [2.24, 2.45) is 0 Å². The summed E-state index contributed by atoms with van der Waals surface area (Å²) in [5.74, 6) is 3.07. The van der Waals surface area contributed by atoms with E-state index in [4.69, 9.17) is 0 Å². The molecular weight excluding hydrogens is 537 g/mol. The van der Waals surface area contributed by atoms with Crippen LogP contribution in [0, 0.1) is 0 Å². The van der Waals surface area contributed by atoms with Gasteiger partial charge in [0, 0.05) is 26.9 Å². The number of rotatable bonds is 10. The van der Waals surface area contributed by atoms with Gasteiger partial charge in [0.25, 0.3) is 0 Å². The highest BCUT2D eigenvalue weighted by atomic mass is 28.9. The molecule has 0 spiro atoms. The van der Waals surface area contributed by atoms with Crippen molar-refractivity contribution in [3.63, 3.8) is 0 Å². The molecule has 0 aliphatic heterocycles. The van der Waals surface area contributed by atoms with Gasteiger partial charge in [-0.1, -0.05) is 156 Å². The van der Waals surface area contributed by atoms with Crippen LogP contribution in [0.2, 0.25) is 11.1 Å². The maximum Gasteiger partial charge on any atom is 0.0422 e. The monoisotopic (exact) mass is 592 g/mol. The van der Waals surface area contributed by atoms with Crippen molar-refractivity contribution in [2.45, 2.75) is 130 Å². The van der Waals surface area contributed by atoms with Crippen molar-refractivity contribution in [2.75, 3.05) is 0 Å². The van der Waals surface area contributed by atoms with E-state index < -0.39 is 15.8 Å². The van der Waals surface area contributed by atoms with Gasteiger partial charge in [0.2, 0.25) is 0 Å². The molecule has 0 unspecified atom stereocenters. The smallest absolute Gasteiger partial charge is 0.0422 e. The Morgan fingerprint density at radius 1 is 0.381 bits per heavy atom. The van der Waals surface area contributed by atoms with Crippen LogP contribution in [0.25, 0.3) is 0 Å². The van der Waals surface area contributed by atoms with Gasteiger partial charge >= 0.3 is 0 Å². The van der Waals surface area contributed by atoms with Gasteiger partial charge in [0.15, 0.2) is 0 Å². The summed E-state index contributed by atoms with van der Waals surface area (Å²) in [6, 6.07) is 10.4. The van der Waals surface area contributed by atoms with E-state index in [9.17, 15) is 0 Å². The van der Waals surface area contributed by atoms with Crippen molar-refractivity contribution in [3.05, 3.63) is 106 Å². The summed E-state index contributed by atoms with van der Waals surface area (Å²) in [5, 5.41) is 3.52. The lowest BCUT2D eigenvalue weighted by molar-refractivity contribution is 0.811. The average molecular weight is 593 g/mol. The third kappa shape index (κ3) is 6.65. The molecule has 224 valence electrons. The van der Waals surface area contributed by atoms with Gasteiger partial charge in [-0.25, -0.2) is 0 Å². The van der Waals surface area contributed by atoms with E-state index in [1.807, 2.05) is 0 Å². The average Bonchev–Trinajstić information content (AvgIpc) is 3.65. The molecule has 0 fully saturated rings. The van der Waals surface area contributed by atoms with E-state index in [0.29, 0.717) is 46.6 Å². The molecule has 0 nitrogen and oxygen atoms in total. The first-order valence-electron chi connectivity index (χ1n) is 16.6. The van der Waals surface area contributed by atoms with Crippen molar-refractivity contribution in [1.29, 1.82) is 0 Å². The summed E-state index contributed by atoms with van der Waals surface area (Å²) < 4.78 is 0. The van der Waals surface area contributed by atoms with Gasteiger partial charge in [-0.2, -0.15) is 0 Å². The molecule has 2 aromatic rings. The first kappa shape index (κ1) is 32.7. The lowest BCUT2D eigenvalue weighted by atomic mass is 9.89. The van der Waals surface area contributed by atoms with Crippen molar-refractivity contribution >= 4 is 26.2 Å². The predicted molar refractivity (Wildman–Crippen MR) is 192 cm³/mol. The Balaban J connectivity index is 2.30. The largest absolute Gasteiger partial charge is 0.0771 e. The van der Waals surface area contributed by atoms with E-state index in [1.165, 1.54) is 11.1 Å². The fraction of sp³-hybridized carbons (Fsp3) is 0.500. The molecule has 0 radical (unpaired) electrons. The second kappa shape index (κ2) is 13.6. The van der Waals surface area contributed by atoms with E-state index in [0.717, 1.165) is 0 Å². The molecule has 2 heteroatoms. The molecule has 2 aliphatic carbocycles. The molecule has 0 aromatic heterocycles. The molecule has 4 rings (SSSR count). The first-order chi connectivity index (χ1) is 19.8. The Hall–Kier alpha value is -2.17. The van der Waals surface area contributed by atoms with Crippen LogP contribution in [0.3, 0.4) is 0 Å². The summed E-state index contributed by atoms with van der Waals surface area (Å²) in [4.78, 5) is 0. The molecule has 0 N–H and O–H groups in total. The maximum absolute atomic E-state index is 2.61. The summed E-state index contributed by atoms with van der Waals surface area (Å²) in [6.07, 6.45) is 19.5. The topological polar surface area (TPSA) is 0 Å². The number of allylic oxidation sites excluding steroid dienone is 8. The Morgan fingerprint density at radius 2 is 0.619 bits per heavy atom. The molecule has 0 saturated carbocycles. The van der Waals surface area contributed by atoms with E-state index in [2.05, 4.69) is 156 Å². The molecule has 0 atom stereocenters. The van der Waals surface area contributed by atoms with Crippen molar-refractivity contribution in [1.82, 2.24) is 0 Å². The zero-order chi connectivity index (χ0) is 30.9. The van der Waals surface area contributed by atoms with Crippen LogP contribution < -0.4 is 10.4 Å². The molecule has 0 heterocycles. The zero-order valence-corrected chi connectivity index (χ0v) is 30.5. The SMILES string of the molecule is CC(C)c1cc(C(C)C)c(/[Si](C2C=CC=C2)=[Si](/c2c(C(C)C)cc(C(C)C)cc2C(C)C)C2C=CC=C2)c(C(C)C)c1. The van der Waals surface area contributed by atoms with E-state index in [1.54, 1.807) is 32.6 Å². The first-order valence-corrected chi connectivity index (χ1v) is 20.8. The lowest BCUT2D eigenvalue weighted by Crippen LogP contribution is -2.48. The minimum Gasteiger partial charge on any atom is -0.0771 e. The van der Waals surface area contributed by atoms with Crippen LogP contribution in [-0.2, 0) is 0 Å². The minimum absolute atomic E-state index is 0.501. The van der Waals surface area contributed by atoms with Crippen LogP contribution in [-0.4, -0.2) is 15.8 Å². The maximum atomic E-state index is 2.61. The van der Waals surface area contributed by atoms with Crippen LogP contribution >= 0.6 is 0 Å². The van der Waals surface area contributed by atoms with Crippen LogP contribution in [0.4, 0.5) is 0 Å². The summed E-state index contributed by atoms with van der Waals surface area (Å²) in [6.45, 7) is 28.9. The third-order valence-corrected chi connectivity index (χ3v) is 19.4. The van der Waals surface area contributed by atoms with Gasteiger partial charge in [0.1, 0.15) is 0 Å². The Labute approximate surface area is 261 Å². The van der Waals surface area contributed by atoms with Crippen LogP contribution in [0.1, 0.15) is 152 Å². The number of hydrogen-bond donors (Lipinski definition) is 0. The van der Waals surface area contributed by atoms with Crippen molar-refractivity contribution in [3.8, 4) is 0 Å². The Bertz CT molecular complexity index is 1240. The Kier molecular flexibility index (Phi) is 10.6. The molecule has 42 heavy (non-hydrogen) atoms. The van der Waals surface area contributed by atoms with Crippen LogP contribution in [0.15, 0.2) is 72.9 Å². The van der Waals surface area contributed by atoms with E-state index in [-0.39, 0.29) is 0 Å². The minimum atomic E-state index is -1.08. The molecule has 0 bridgehead atoms. The second-order valence-corrected chi connectivity index (χ2v) is 21.7. The molecule has 0 saturated heterocycles. The van der Waals surface area contributed by atoms with Gasteiger partial charge in [-0.3, -0.25) is 0 Å². The van der Waals surface area contributed by atoms with Gasteiger partial charge in [0.05, 0.1) is 0 Å². The molecule has 0 amide bonds. The predicted octanol–water partition coefficient (Wildman–Crippen LogP) is 10.6. The molecule has 2 aromatic carbocycles. The summed E-state index contributed by atoms with van der Waals surface area (Å²) in [5.41, 5.74) is 10.5. The van der Waals surface area contributed by atoms with Gasteiger partial charge in [-0.05, 0) is 79.3 Å². The highest BCUT2D eigenvalue weighted by molar-refractivity contribution is 7.11. The standard InChI is InChI=1S/C40H56Si2/c1-25(2)31-21-35(27(5)6)39(36(22-31)28(7)8)41(33-17-13-14-18-33)42(34-19-15-16-20-34)40-37(29(9)10)23-32(26(3)4)24-38(40)30(11)12/h13-30,33-34H,1-12H3/b42-41+. The van der Waals surface area contributed by atoms with E-state index >= 15 is 0 Å². The number of hydrogen-bond acceptors (Lipinski definition) is 0. The fourth-order valence-corrected chi connectivity index (χ4v) is 19.2. The zero-order valence-electron chi connectivity index (χ0n) is 28.5. The number of benzene rings is 2. The highest BCUT2D eigenvalue weighted by Gasteiger charge is 2.33. The van der Waals surface area contributed by atoms with Crippen LogP contribution in [0.5, 0.6) is 0 Å². The molecule has 2 aliphatic rings. The van der Waals surface area contributed by atoms with Crippen molar-refractivity contribution < 1.29 is 0 Å². The fourth-order valence-electron chi connectivity index (χ4n) is 6.74. The summed E-state index contributed by atoms with van der Waals surface area (Å²) in [7, 11) is -2.16. The van der Waals surface area contributed by atoms with Gasteiger partial charge in [-0.15, -0.1) is 0 Å². The lowest BCUT2D eigenvalue weighted by Gasteiger charge is -2.32. The van der Waals surface area contributed by atoms with Gasteiger partial charge < -0.3 is 0 Å². The summed E-state index contributed by atoms with van der Waals surface area (Å²) >= 11 is 0. The quantitative estimate of drug-likeness (QED) is 0.241. The Morgan fingerprint density at radius 3 is 0.810 bits per heavy atom. The normalized spacial score (nSPS) is 16.2.